The van der Waals surface area contributed by atoms with E-state index < -0.39 is 6.04 Å². The molecular formula is C16H18N2O3. The van der Waals surface area contributed by atoms with E-state index in [0.717, 1.165) is 5.75 Å². The van der Waals surface area contributed by atoms with E-state index in [2.05, 4.69) is 5.32 Å². The third-order valence-electron chi connectivity index (χ3n) is 2.81. The van der Waals surface area contributed by atoms with Crippen molar-refractivity contribution in [3.8, 4) is 17.2 Å². The molecule has 21 heavy (non-hydrogen) atoms. The molecule has 1 amide bonds. The number of nitrogens with two attached hydrogens (primary N) is 1. The number of ether oxygens (including phenoxy) is 2. The molecule has 0 bridgehead atoms. The van der Waals surface area contributed by atoms with E-state index in [-0.39, 0.29) is 5.91 Å². The van der Waals surface area contributed by atoms with Gasteiger partial charge in [-0.15, -0.1) is 0 Å². The maximum atomic E-state index is 11.5. The zero-order chi connectivity index (χ0) is 15.2. The monoisotopic (exact) mass is 286 g/mol. The molecule has 5 heteroatoms. The van der Waals surface area contributed by atoms with Gasteiger partial charge in [0, 0.05) is 11.8 Å². The molecule has 3 N–H and O–H groups in total. The van der Waals surface area contributed by atoms with Gasteiger partial charge < -0.3 is 20.5 Å². The summed E-state index contributed by atoms with van der Waals surface area (Å²) in [5.41, 5.74) is 6.17. The predicted octanol–water partition coefficient (Wildman–Crippen LogP) is 2.77. The van der Waals surface area contributed by atoms with Gasteiger partial charge in [-0.05, 0) is 43.3 Å². The lowest BCUT2D eigenvalue weighted by Crippen LogP contribution is -2.32. The van der Waals surface area contributed by atoms with Crippen LogP contribution in [-0.4, -0.2) is 19.1 Å². The second kappa shape index (κ2) is 6.76. The van der Waals surface area contributed by atoms with Gasteiger partial charge in [-0.2, -0.15) is 0 Å². The van der Waals surface area contributed by atoms with E-state index in [4.69, 9.17) is 15.2 Å². The van der Waals surface area contributed by atoms with Crippen LogP contribution in [0.15, 0.2) is 48.5 Å². The van der Waals surface area contributed by atoms with Gasteiger partial charge in [0.05, 0.1) is 13.2 Å². The quantitative estimate of drug-likeness (QED) is 0.886. The highest BCUT2D eigenvalue weighted by molar-refractivity contribution is 5.94. The van der Waals surface area contributed by atoms with Crippen molar-refractivity contribution in [2.75, 3.05) is 12.4 Å². The number of carbonyl (C=O) groups excluding carboxylic acids is 1. The largest absolute Gasteiger partial charge is 0.497 e. The van der Waals surface area contributed by atoms with Crippen molar-refractivity contribution in [1.29, 1.82) is 0 Å². The van der Waals surface area contributed by atoms with E-state index in [9.17, 15) is 4.79 Å². The fourth-order valence-corrected chi connectivity index (χ4v) is 1.66. The van der Waals surface area contributed by atoms with Crippen LogP contribution in [0.1, 0.15) is 6.92 Å². The lowest BCUT2D eigenvalue weighted by molar-refractivity contribution is -0.117. The van der Waals surface area contributed by atoms with Gasteiger partial charge in [-0.25, -0.2) is 0 Å². The first-order valence-electron chi connectivity index (χ1n) is 6.57. The smallest absolute Gasteiger partial charge is 0.240 e. The second-order valence-corrected chi connectivity index (χ2v) is 4.58. The lowest BCUT2D eigenvalue weighted by Gasteiger charge is -2.10. The minimum absolute atomic E-state index is 0.225. The molecule has 1 unspecified atom stereocenters. The molecule has 0 aliphatic rings. The lowest BCUT2D eigenvalue weighted by atomic mass is 10.2. The predicted molar refractivity (Wildman–Crippen MR) is 81.8 cm³/mol. The Morgan fingerprint density at radius 2 is 1.76 bits per heavy atom. The number of hydrogen-bond acceptors (Lipinski definition) is 4. The normalized spacial score (nSPS) is 11.6. The van der Waals surface area contributed by atoms with Crippen LogP contribution in [-0.2, 0) is 4.79 Å². The summed E-state index contributed by atoms with van der Waals surface area (Å²) in [7, 11) is 1.61. The summed E-state index contributed by atoms with van der Waals surface area (Å²) in [4.78, 5) is 11.5. The van der Waals surface area contributed by atoms with Crippen LogP contribution in [0.25, 0.3) is 0 Å². The number of benzene rings is 2. The fourth-order valence-electron chi connectivity index (χ4n) is 1.66. The van der Waals surface area contributed by atoms with E-state index in [1.165, 1.54) is 0 Å². The third kappa shape index (κ3) is 4.22. The molecule has 2 aromatic rings. The molecule has 0 saturated heterocycles. The number of nitrogens with one attached hydrogen (secondary N) is 1. The standard InChI is InChI=1S/C16H18N2O3/c1-11(17)16(19)18-12-6-8-13(9-7-12)21-15-5-3-4-14(10-15)20-2/h3-11H,17H2,1-2H3,(H,18,19). The molecule has 110 valence electrons. The number of rotatable bonds is 5. The van der Waals surface area contributed by atoms with Crippen molar-refractivity contribution >= 4 is 11.6 Å². The van der Waals surface area contributed by atoms with Crippen molar-refractivity contribution in [1.82, 2.24) is 0 Å². The number of hydrogen-bond donors (Lipinski definition) is 2. The highest BCUT2D eigenvalue weighted by atomic mass is 16.5. The summed E-state index contributed by atoms with van der Waals surface area (Å²) in [5, 5.41) is 2.71. The molecule has 0 fully saturated rings. The molecule has 2 aromatic carbocycles. The van der Waals surface area contributed by atoms with Gasteiger partial charge >= 0.3 is 0 Å². The summed E-state index contributed by atoms with van der Waals surface area (Å²) in [6, 6.07) is 13.9. The summed E-state index contributed by atoms with van der Waals surface area (Å²) in [6.45, 7) is 1.63. The van der Waals surface area contributed by atoms with Gasteiger partial charge in [0.25, 0.3) is 0 Å². The number of methoxy groups -OCH3 is 1. The van der Waals surface area contributed by atoms with Gasteiger partial charge in [0.2, 0.25) is 5.91 Å². The van der Waals surface area contributed by atoms with Crippen molar-refractivity contribution in [3.05, 3.63) is 48.5 Å². The molecule has 5 nitrogen and oxygen atoms in total. The molecule has 0 aromatic heterocycles. The Morgan fingerprint density at radius 1 is 1.10 bits per heavy atom. The van der Waals surface area contributed by atoms with E-state index in [0.29, 0.717) is 17.2 Å². The maximum Gasteiger partial charge on any atom is 0.240 e. The minimum Gasteiger partial charge on any atom is -0.497 e. The topological polar surface area (TPSA) is 73.6 Å². The average molecular weight is 286 g/mol. The Labute approximate surface area is 123 Å². The van der Waals surface area contributed by atoms with Crippen molar-refractivity contribution in [2.45, 2.75) is 13.0 Å². The molecular weight excluding hydrogens is 268 g/mol. The van der Waals surface area contributed by atoms with Crippen molar-refractivity contribution in [3.63, 3.8) is 0 Å². The Kier molecular flexibility index (Phi) is 4.79. The Balaban J connectivity index is 2.03. The van der Waals surface area contributed by atoms with Gasteiger partial charge in [-0.1, -0.05) is 6.07 Å². The number of anilines is 1. The van der Waals surface area contributed by atoms with E-state index in [1.54, 1.807) is 44.4 Å². The van der Waals surface area contributed by atoms with Crippen LogP contribution < -0.4 is 20.5 Å². The Hall–Kier alpha value is -2.53. The van der Waals surface area contributed by atoms with Gasteiger partial charge in [0.15, 0.2) is 0 Å². The van der Waals surface area contributed by atoms with E-state index in [1.807, 2.05) is 18.2 Å². The van der Waals surface area contributed by atoms with Gasteiger partial charge in [0.1, 0.15) is 17.2 Å². The zero-order valence-electron chi connectivity index (χ0n) is 12.0. The van der Waals surface area contributed by atoms with Crippen LogP contribution in [0.2, 0.25) is 0 Å². The number of amides is 1. The van der Waals surface area contributed by atoms with Crippen molar-refractivity contribution < 1.29 is 14.3 Å². The Bertz CT molecular complexity index is 609. The second-order valence-electron chi connectivity index (χ2n) is 4.58. The zero-order valence-corrected chi connectivity index (χ0v) is 12.0. The number of carbonyl (C=O) groups is 1. The summed E-state index contributed by atoms with van der Waals surface area (Å²) in [6.07, 6.45) is 0. The first-order chi connectivity index (χ1) is 10.1. The Morgan fingerprint density at radius 3 is 2.38 bits per heavy atom. The van der Waals surface area contributed by atoms with Crippen LogP contribution in [0.5, 0.6) is 17.2 Å². The van der Waals surface area contributed by atoms with E-state index >= 15 is 0 Å². The van der Waals surface area contributed by atoms with Crippen LogP contribution in [0, 0.1) is 0 Å². The fraction of sp³-hybridized carbons (Fsp3) is 0.188. The molecule has 0 saturated carbocycles. The average Bonchev–Trinajstić information content (AvgIpc) is 2.49. The van der Waals surface area contributed by atoms with Gasteiger partial charge in [-0.3, -0.25) is 4.79 Å². The maximum absolute atomic E-state index is 11.5. The molecule has 1 atom stereocenters. The SMILES string of the molecule is COc1cccc(Oc2ccc(NC(=O)C(C)N)cc2)c1. The summed E-state index contributed by atoms with van der Waals surface area (Å²) >= 11 is 0. The first kappa shape index (κ1) is 14.9. The third-order valence-corrected chi connectivity index (χ3v) is 2.81. The highest BCUT2D eigenvalue weighted by Crippen LogP contribution is 2.26. The highest BCUT2D eigenvalue weighted by Gasteiger charge is 2.07. The molecule has 0 radical (unpaired) electrons. The van der Waals surface area contributed by atoms with Crippen LogP contribution in [0.3, 0.4) is 0 Å². The molecule has 0 aliphatic heterocycles. The molecule has 0 spiro atoms. The minimum atomic E-state index is -0.544. The van der Waals surface area contributed by atoms with Crippen molar-refractivity contribution in [2.24, 2.45) is 5.73 Å². The van der Waals surface area contributed by atoms with Crippen LogP contribution in [0.4, 0.5) is 5.69 Å². The molecule has 2 rings (SSSR count). The first-order valence-corrected chi connectivity index (χ1v) is 6.57. The van der Waals surface area contributed by atoms with Crippen LogP contribution >= 0.6 is 0 Å². The summed E-state index contributed by atoms with van der Waals surface area (Å²) in [5.74, 6) is 1.86. The molecule has 0 aliphatic carbocycles. The molecule has 0 heterocycles. The summed E-state index contributed by atoms with van der Waals surface area (Å²) < 4.78 is 10.8.